The number of fused-ring (bicyclic) bond motifs is 6. The number of hydrogen-bond acceptors (Lipinski definition) is 1. The third kappa shape index (κ3) is 6.92. The Bertz CT molecular complexity index is 3630. The quantitative estimate of drug-likeness (QED) is 0.148. The van der Waals surface area contributed by atoms with Crippen LogP contribution in [-0.2, 0) is 0 Å². The average molecular weight is 843 g/mol. The average Bonchev–Trinajstić information content (AvgIpc) is 3.61. The maximum absolute atomic E-state index is 2.42. The Morgan fingerprint density at radius 2 is 0.939 bits per heavy atom. The zero-order chi connectivity index (χ0) is 44.0. The van der Waals surface area contributed by atoms with Crippen LogP contribution in [0.1, 0.15) is 18.1 Å². The van der Waals surface area contributed by atoms with Crippen LogP contribution in [0.4, 0.5) is 17.1 Å². The molecule has 0 spiro atoms. The molecular formula is C64H46N2. The van der Waals surface area contributed by atoms with Gasteiger partial charge in [0.2, 0.25) is 0 Å². The molecule has 1 atom stereocenters. The highest BCUT2D eigenvalue weighted by Gasteiger charge is 2.21. The first kappa shape index (κ1) is 39.2. The van der Waals surface area contributed by atoms with Gasteiger partial charge in [-0.1, -0.05) is 201 Å². The number of allylic oxidation sites excluding steroid dienone is 2. The van der Waals surface area contributed by atoms with Crippen LogP contribution in [0.3, 0.4) is 0 Å². The molecule has 312 valence electrons. The SMILES string of the molecule is C[C@H]1C=Cc2cccc(-c3ccc(N(c4ccc(-c5ccccc5-c5ccccc5)cc4)c4cccc(-c5cccc6c5c5c7ccccc7ccc5n6-c5ccccc5)c4)cc3)c2C=C1. The largest absolute Gasteiger partial charge is 0.310 e. The molecule has 0 saturated heterocycles. The monoisotopic (exact) mass is 842 g/mol. The van der Waals surface area contributed by atoms with E-state index >= 15 is 0 Å². The lowest BCUT2D eigenvalue weighted by Gasteiger charge is -2.27. The Morgan fingerprint density at radius 3 is 1.70 bits per heavy atom. The Kier molecular flexibility index (Phi) is 9.84. The zero-order valence-corrected chi connectivity index (χ0v) is 36.7. The molecule has 0 fully saturated rings. The van der Waals surface area contributed by atoms with E-state index < -0.39 is 0 Å². The van der Waals surface area contributed by atoms with Crippen molar-refractivity contribution < 1.29 is 0 Å². The summed E-state index contributed by atoms with van der Waals surface area (Å²) in [5.41, 5.74) is 18.9. The molecule has 0 unspecified atom stereocenters. The second-order valence-electron chi connectivity index (χ2n) is 17.3. The fourth-order valence-corrected chi connectivity index (χ4v) is 10.1. The van der Waals surface area contributed by atoms with Crippen molar-refractivity contribution >= 4 is 61.8 Å². The van der Waals surface area contributed by atoms with Crippen LogP contribution in [0, 0.1) is 5.92 Å². The van der Waals surface area contributed by atoms with Crippen molar-refractivity contribution in [2.45, 2.75) is 6.92 Å². The summed E-state index contributed by atoms with van der Waals surface area (Å²) in [5.74, 6) is 0.393. The first-order chi connectivity index (χ1) is 32.7. The molecule has 0 aliphatic heterocycles. The van der Waals surface area contributed by atoms with Crippen molar-refractivity contribution in [3.05, 3.63) is 254 Å². The molecule has 0 amide bonds. The van der Waals surface area contributed by atoms with Gasteiger partial charge in [-0.3, -0.25) is 0 Å². The molecule has 11 aromatic rings. The van der Waals surface area contributed by atoms with Gasteiger partial charge in [0, 0.05) is 33.5 Å². The minimum atomic E-state index is 0.393. The number of rotatable bonds is 8. The van der Waals surface area contributed by atoms with E-state index in [2.05, 4.69) is 271 Å². The summed E-state index contributed by atoms with van der Waals surface area (Å²) in [4.78, 5) is 2.40. The molecule has 0 radical (unpaired) electrons. The van der Waals surface area contributed by atoms with Crippen molar-refractivity contribution in [1.29, 1.82) is 0 Å². The van der Waals surface area contributed by atoms with Gasteiger partial charge in [-0.15, -0.1) is 0 Å². The van der Waals surface area contributed by atoms with Gasteiger partial charge < -0.3 is 9.47 Å². The summed E-state index contributed by atoms with van der Waals surface area (Å²) in [6, 6.07) is 84.2. The van der Waals surface area contributed by atoms with Crippen LogP contribution in [0.25, 0.3) is 94.9 Å². The van der Waals surface area contributed by atoms with E-state index in [1.807, 2.05) is 0 Å². The molecule has 0 bridgehead atoms. The van der Waals surface area contributed by atoms with Crippen LogP contribution >= 0.6 is 0 Å². The molecule has 1 aromatic heterocycles. The highest BCUT2D eigenvalue weighted by molar-refractivity contribution is 6.25. The topological polar surface area (TPSA) is 8.17 Å². The third-order valence-corrected chi connectivity index (χ3v) is 13.3. The van der Waals surface area contributed by atoms with Crippen molar-refractivity contribution in [3.8, 4) is 50.2 Å². The van der Waals surface area contributed by atoms with Crippen molar-refractivity contribution in [3.63, 3.8) is 0 Å². The first-order valence-corrected chi connectivity index (χ1v) is 22.9. The standard InChI is InChI=1S/C64H46N2/c1-44-29-31-46-18-13-26-57(58(46)41-30-44)49-34-39-53(40-35-49)65(52-37-32-48(33-38-52)56-24-11-10-23-55(56)45-15-4-2-5-16-45)54-22-12-19-50(43-54)60-27-14-28-61-64(60)63-59-25-9-8-17-47(59)36-42-62(63)66(61)51-20-6-3-7-21-51/h2-44H,1H3/t44-/m0/s1. The number of anilines is 3. The summed E-state index contributed by atoms with van der Waals surface area (Å²) in [5, 5.41) is 5.01. The summed E-state index contributed by atoms with van der Waals surface area (Å²) >= 11 is 0. The lowest BCUT2D eigenvalue weighted by Crippen LogP contribution is -2.10. The van der Waals surface area contributed by atoms with Crippen molar-refractivity contribution in [2.24, 2.45) is 5.92 Å². The summed E-state index contributed by atoms with van der Waals surface area (Å²) in [6.45, 7) is 2.23. The number of para-hydroxylation sites is 1. The van der Waals surface area contributed by atoms with E-state index in [-0.39, 0.29) is 0 Å². The molecule has 2 nitrogen and oxygen atoms in total. The highest BCUT2D eigenvalue weighted by atomic mass is 15.1. The lowest BCUT2D eigenvalue weighted by molar-refractivity contribution is 0.954. The Labute approximate surface area is 386 Å². The molecule has 0 N–H and O–H groups in total. The minimum absolute atomic E-state index is 0.393. The Hall–Kier alpha value is -8.46. The van der Waals surface area contributed by atoms with E-state index in [0.29, 0.717) is 5.92 Å². The van der Waals surface area contributed by atoms with E-state index in [9.17, 15) is 0 Å². The van der Waals surface area contributed by atoms with Gasteiger partial charge in [0.25, 0.3) is 0 Å². The third-order valence-electron chi connectivity index (χ3n) is 13.3. The van der Waals surface area contributed by atoms with Crippen LogP contribution < -0.4 is 4.90 Å². The maximum atomic E-state index is 2.42. The molecule has 0 saturated carbocycles. The zero-order valence-electron chi connectivity index (χ0n) is 36.7. The van der Waals surface area contributed by atoms with Crippen LogP contribution in [-0.4, -0.2) is 4.57 Å². The van der Waals surface area contributed by atoms with Gasteiger partial charge in [0.05, 0.1) is 11.0 Å². The molecule has 2 heteroatoms. The van der Waals surface area contributed by atoms with Crippen molar-refractivity contribution in [1.82, 2.24) is 4.57 Å². The van der Waals surface area contributed by atoms with Crippen LogP contribution in [0.5, 0.6) is 0 Å². The highest BCUT2D eigenvalue weighted by Crippen LogP contribution is 2.45. The molecule has 1 heterocycles. The van der Waals surface area contributed by atoms with Gasteiger partial charge in [-0.2, -0.15) is 0 Å². The summed E-state index contributed by atoms with van der Waals surface area (Å²) in [7, 11) is 0. The normalized spacial score (nSPS) is 13.3. The van der Waals surface area contributed by atoms with Gasteiger partial charge in [0.1, 0.15) is 0 Å². The minimum Gasteiger partial charge on any atom is -0.310 e. The lowest BCUT2D eigenvalue weighted by atomic mass is 9.94. The molecule has 1 aliphatic carbocycles. The van der Waals surface area contributed by atoms with Crippen LogP contribution in [0.15, 0.2) is 243 Å². The van der Waals surface area contributed by atoms with Gasteiger partial charge in [-0.25, -0.2) is 0 Å². The Balaban J connectivity index is 1.02. The summed E-state index contributed by atoms with van der Waals surface area (Å²) in [6.07, 6.45) is 9.12. The maximum Gasteiger partial charge on any atom is 0.0547 e. The van der Waals surface area contributed by atoms with E-state index in [4.69, 9.17) is 0 Å². The summed E-state index contributed by atoms with van der Waals surface area (Å²) < 4.78 is 2.42. The second kappa shape index (κ2) is 16.6. The fraction of sp³-hybridized carbons (Fsp3) is 0.0312. The van der Waals surface area contributed by atoms with E-state index in [0.717, 1.165) is 28.3 Å². The molecule has 66 heavy (non-hydrogen) atoms. The number of hydrogen-bond donors (Lipinski definition) is 0. The second-order valence-corrected chi connectivity index (χ2v) is 17.3. The van der Waals surface area contributed by atoms with Crippen LogP contribution in [0.2, 0.25) is 0 Å². The fourth-order valence-electron chi connectivity index (χ4n) is 10.1. The van der Waals surface area contributed by atoms with Gasteiger partial charge >= 0.3 is 0 Å². The number of nitrogens with zero attached hydrogens (tertiary/aromatic N) is 2. The first-order valence-electron chi connectivity index (χ1n) is 22.9. The molecule has 12 rings (SSSR count). The van der Waals surface area contributed by atoms with Gasteiger partial charge in [0.15, 0.2) is 0 Å². The molecular weight excluding hydrogens is 797 g/mol. The van der Waals surface area contributed by atoms with Gasteiger partial charge in [-0.05, 0) is 133 Å². The smallest absolute Gasteiger partial charge is 0.0547 e. The predicted octanol–water partition coefficient (Wildman–Crippen LogP) is 17.8. The van der Waals surface area contributed by atoms with E-state index in [1.165, 1.54) is 82.6 Å². The molecule has 1 aliphatic rings. The number of benzene rings is 10. The van der Waals surface area contributed by atoms with Crippen molar-refractivity contribution in [2.75, 3.05) is 4.90 Å². The predicted molar refractivity (Wildman–Crippen MR) is 282 cm³/mol. The van der Waals surface area contributed by atoms with E-state index in [1.54, 1.807) is 0 Å². The molecule has 10 aromatic carbocycles. The number of aromatic nitrogens is 1. The Morgan fingerprint density at radius 1 is 0.379 bits per heavy atom.